The van der Waals surface area contributed by atoms with Crippen LogP contribution in [0.2, 0.25) is 0 Å². The van der Waals surface area contributed by atoms with Gasteiger partial charge >= 0.3 is 5.97 Å². The minimum atomic E-state index is -0.345. The maximum atomic E-state index is 11.5. The Labute approximate surface area is 110 Å². The smallest absolute Gasteiger partial charge is 0.307 e. The number of aryl methyl sites for hydroxylation is 1. The number of nitrogens with zero attached hydrogens (tertiary/aromatic N) is 1. The Morgan fingerprint density at radius 3 is 2.89 bits per heavy atom. The first kappa shape index (κ1) is 14.4. The van der Waals surface area contributed by atoms with Gasteiger partial charge in [-0.1, -0.05) is 0 Å². The zero-order valence-electron chi connectivity index (χ0n) is 10.6. The molecule has 0 aliphatic rings. The Hall–Kier alpha value is -1.69. The van der Waals surface area contributed by atoms with Crippen molar-refractivity contribution in [1.29, 1.82) is 0 Å². The number of esters is 1. The molecule has 0 bridgehead atoms. The molecule has 1 aromatic rings. The van der Waals surface area contributed by atoms with Gasteiger partial charge in [0.05, 0.1) is 24.2 Å². The first-order valence-corrected chi connectivity index (χ1v) is 6.36. The highest BCUT2D eigenvalue weighted by Gasteiger charge is 2.10. The molecule has 1 aromatic heterocycles. The predicted octanol–water partition coefficient (Wildman–Crippen LogP) is 1.53. The van der Waals surface area contributed by atoms with Gasteiger partial charge in [-0.2, -0.15) is 0 Å². The lowest BCUT2D eigenvalue weighted by atomic mass is 10.2. The molecular formula is C12H16N2O3S. The Bertz CT molecular complexity index is 454. The Kier molecular flexibility index (Phi) is 5.51. The SMILES string of the molecule is COC(=O)CC(C)NC(=O)/C=C/c1csc(C)n1. The van der Waals surface area contributed by atoms with Gasteiger partial charge in [-0.05, 0) is 19.9 Å². The number of amides is 1. The van der Waals surface area contributed by atoms with E-state index >= 15 is 0 Å². The molecule has 98 valence electrons. The molecule has 0 spiro atoms. The van der Waals surface area contributed by atoms with Crippen molar-refractivity contribution >= 4 is 29.3 Å². The Morgan fingerprint density at radius 1 is 1.61 bits per heavy atom. The molecule has 1 amide bonds. The van der Waals surface area contributed by atoms with E-state index in [0.717, 1.165) is 10.7 Å². The fraction of sp³-hybridized carbons (Fsp3) is 0.417. The van der Waals surface area contributed by atoms with Gasteiger partial charge in [0.25, 0.3) is 0 Å². The van der Waals surface area contributed by atoms with Crippen molar-refractivity contribution in [2.75, 3.05) is 7.11 Å². The van der Waals surface area contributed by atoms with Gasteiger partial charge in [0.2, 0.25) is 5.91 Å². The summed E-state index contributed by atoms with van der Waals surface area (Å²) in [6.07, 6.45) is 3.21. The second-order valence-electron chi connectivity index (χ2n) is 3.81. The molecule has 1 N–H and O–H groups in total. The van der Waals surface area contributed by atoms with Gasteiger partial charge in [-0.3, -0.25) is 9.59 Å². The average Bonchev–Trinajstić information content (AvgIpc) is 2.72. The van der Waals surface area contributed by atoms with E-state index in [4.69, 9.17) is 0 Å². The zero-order chi connectivity index (χ0) is 13.5. The molecule has 5 nitrogen and oxygen atoms in total. The summed E-state index contributed by atoms with van der Waals surface area (Å²) in [5.74, 6) is -0.598. The third-order valence-corrected chi connectivity index (χ3v) is 2.92. The Morgan fingerprint density at radius 2 is 2.33 bits per heavy atom. The second kappa shape index (κ2) is 6.90. The van der Waals surface area contributed by atoms with Gasteiger partial charge in [0.15, 0.2) is 0 Å². The van der Waals surface area contributed by atoms with Gasteiger partial charge in [0.1, 0.15) is 0 Å². The lowest BCUT2D eigenvalue weighted by Crippen LogP contribution is -2.33. The van der Waals surface area contributed by atoms with Gasteiger partial charge < -0.3 is 10.1 Å². The Balaban J connectivity index is 2.41. The van der Waals surface area contributed by atoms with E-state index in [1.807, 2.05) is 12.3 Å². The minimum absolute atomic E-state index is 0.159. The number of methoxy groups -OCH3 is 1. The number of ether oxygens (including phenoxy) is 1. The van der Waals surface area contributed by atoms with Gasteiger partial charge in [-0.25, -0.2) is 4.98 Å². The first-order valence-electron chi connectivity index (χ1n) is 5.48. The number of carbonyl (C=O) groups excluding carboxylic acids is 2. The van der Waals surface area contributed by atoms with Crippen LogP contribution in [0, 0.1) is 6.92 Å². The van der Waals surface area contributed by atoms with Crippen molar-refractivity contribution in [3.63, 3.8) is 0 Å². The van der Waals surface area contributed by atoms with Crippen molar-refractivity contribution in [2.45, 2.75) is 26.3 Å². The van der Waals surface area contributed by atoms with Crippen LogP contribution in [0.3, 0.4) is 0 Å². The average molecular weight is 268 g/mol. The number of carbonyl (C=O) groups is 2. The molecule has 18 heavy (non-hydrogen) atoms. The number of rotatable bonds is 5. The van der Waals surface area contributed by atoms with Crippen LogP contribution in [0.5, 0.6) is 0 Å². The van der Waals surface area contributed by atoms with Crippen LogP contribution in [-0.4, -0.2) is 30.0 Å². The zero-order valence-corrected chi connectivity index (χ0v) is 11.4. The molecule has 0 saturated carbocycles. The number of thiazole rings is 1. The quantitative estimate of drug-likeness (QED) is 0.649. The molecule has 6 heteroatoms. The largest absolute Gasteiger partial charge is 0.469 e. The minimum Gasteiger partial charge on any atom is -0.469 e. The molecule has 1 heterocycles. The summed E-state index contributed by atoms with van der Waals surface area (Å²) in [5.41, 5.74) is 0.758. The topological polar surface area (TPSA) is 68.3 Å². The maximum Gasteiger partial charge on any atom is 0.307 e. The normalized spacial score (nSPS) is 12.4. The van der Waals surface area contributed by atoms with Crippen molar-refractivity contribution in [2.24, 2.45) is 0 Å². The van der Waals surface area contributed by atoms with Crippen LogP contribution in [-0.2, 0) is 14.3 Å². The highest BCUT2D eigenvalue weighted by atomic mass is 32.1. The molecule has 0 fully saturated rings. The molecule has 0 aliphatic heterocycles. The lowest BCUT2D eigenvalue weighted by Gasteiger charge is -2.10. The number of hydrogen-bond acceptors (Lipinski definition) is 5. The van der Waals surface area contributed by atoms with Crippen LogP contribution in [0.25, 0.3) is 6.08 Å². The molecule has 0 saturated heterocycles. The van der Waals surface area contributed by atoms with Crippen molar-refractivity contribution in [3.05, 3.63) is 22.2 Å². The summed E-state index contributed by atoms with van der Waals surface area (Å²) in [5, 5.41) is 5.50. The number of hydrogen-bond donors (Lipinski definition) is 1. The summed E-state index contributed by atoms with van der Waals surface area (Å²) in [7, 11) is 1.32. The molecule has 1 atom stereocenters. The van der Waals surface area contributed by atoms with E-state index < -0.39 is 0 Å². The van der Waals surface area contributed by atoms with E-state index in [1.54, 1.807) is 13.0 Å². The first-order chi connectivity index (χ1) is 8.51. The molecule has 0 radical (unpaired) electrons. The fourth-order valence-corrected chi connectivity index (χ4v) is 1.87. The van der Waals surface area contributed by atoms with E-state index in [1.165, 1.54) is 24.5 Å². The molecule has 0 aromatic carbocycles. The summed E-state index contributed by atoms with van der Waals surface area (Å²) in [4.78, 5) is 26.7. The summed E-state index contributed by atoms with van der Waals surface area (Å²) in [6, 6.07) is -0.258. The third-order valence-electron chi connectivity index (χ3n) is 2.13. The molecule has 1 unspecified atom stereocenters. The molecule has 1 rings (SSSR count). The monoisotopic (exact) mass is 268 g/mol. The van der Waals surface area contributed by atoms with Crippen LogP contribution in [0.1, 0.15) is 24.0 Å². The van der Waals surface area contributed by atoms with Crippen molar-refractivity contribution in [1.82, 2.24) is 10.3 Å². The third kappa shape index (κ3) is 5.09. The molecule has 0 aliphatic carbocycles. The van der Waals surface area contributed by atoms with E-state index in [0.29, 0.717) is 0 Å². The van der Waals surface area contributed by atoms with Crippen molar-refractivity contribution in [3.8, 4) is 0 Å². The summed E-state index contributed by atoms with van der Waals surface area (Å²) < 4.78 is 4.52. The van der Waals surface area contributed by atoms with Crippen LogP contribution in [0.4, 0.5) is 0 Å². The lowest BCUT2D eigenvalue weighted by molar-refractivity contribution is -0.141. The highest BCUT2D eigenvalue weighted by Crippen LogP contribution is 2.08. The fourth-order valence-electron chi connectivity index (χ4n) is 1.29. The standard InChI is InChI=1S/C12H16N2O3S/c1-8(6-12(16)17-3)13-11(15)5-4-10-7-18-9(2)14-10/h4-5,7-8H,6H2,1-3H3,(H,13,15)/b5-4+. The van der Waals surface area contributed by atoms with E-state index in [2.05, 4.69) is 15.0 Å². The number of aromatic nitrogens is 1. The molecular weight excluding hydrogens is 252 g/mol. The van der Waals surface area contributed by atoms with Crippen LogP contribution < -0.4 is 5.32 Å². The van der Waals surface area contributed by atoms with E-state index in [9.17, 15) is 9.59 Å². The van der Waals surface area contributed by atoms with Gasteiger partial charge in [-0.15, -0.1) is 11.3 Å². The highest BCUT2D eigenvalue weighted by molar-refractivity contribution is 7.09. The van der Waals surface area contributed by atoms with E-state index in [-0.39, 0.29) is 24.3 Å². The van der Waals surface area contributed by atoms with Crippen LogP contribution in [0.15, 0.2) is 11.5 Å². The number of nitrogens with one attached hydrogen (secondary N) is 1. The maximum absolute atomic E-state index is 11.5. The van der Waals surface area contributed by atoms with Crippen molar-refractivity contribution < 1.29 is 14.3 Å². The van der Waals surface area contributed by atoms with Crippen LogP contribution >= 0.6 is 11.3 Å². The summed E-state index contributed by atoms with van der Waals surface area (Å²) in [6.45, 7) is 3.65. The predicted molar refractivity (Wildman–Crippen MR) is 70.1 cm³/mol. The second-order valence-corrected chi connectivity index (χ2v) is 4.88. The summed E-state index contributed by atoms with van der Waals surface area (Å²) >= 11 is 1.53. The van der Waals surface area contributed by atoms with Gasteiger partial charge in [0, 0.05) is 17.5 Å².